The van der Waals surface area contributed by atoms with E-state index < -0.39 is 11.7 Å². The van der Waals surface area contributed by atoms with Gasteiger partial charge in [-0.2, -0.15) is 13.2 Å². The van der Waals surface area contributed by atoms with E-state index in [4.69, 9.17) is 0 Å². The van der Waals surface area contributed by atoms with E-state index in [-0.39, 0.29) is 24.4 Å². The summed E-state index contributed by atoms with van der Waals surface area (Å²) in [5.41, 5.74) is 0.148. The zero-order chi connectivity index (χ0) is 11.8. The third kappa shape index (κ3) is 1.89. The molecule has 1 aliphatic rings. The molecule has 1 unspecified atom stereocenters. The molecule has 0 radical (unpaired) electrons. The molecule has 1 heterocycles. The molecule has 1 aromatic carbocycles. The Morgan fingerprint density at radius 3 is 2.81 bits per heavy atom. The third-order valence-corrected chi connectivity index (χ3v) is 2.67. The predicted octanol–water partition coefficient (Wildman–Crippen LogP) is 2.63. The molecule has 2 nitrogen and oxygen atoms in total. The lowest BCUT2D eigenvalue weighted by molar-refractivity contribution is -0.138. The summed E-state index contributed by atoms with van der Waals surface area (Å²) in [5, 5.41) is 2.92. The zero-order valence-corrected chi connectivity index (χ0v) is 8.34. The van der Waals surface area contributed by atoms with Crippen molar-refractivity contribution in [1.82, 2.24) is 0 Å². The Morgan fingerprint density at radius 2 is 2.19 bits per heavy atom. The summed E-state index contributed by atoms with van der Waals surface area (Å²) in [7, 11) is 0. The van der Waals surface area contributed by atoms with Gasteiger partial charge in [0.15, 0.2) is 0 Å². The molecule has 0 spiro atoms. The molecule has 5 heteroatoms. The number of fused-ring (bicyclic) bond motifs is 1. The topological polar surface area (TPSA) is 29.1 Å². The van der Waals surface area contributed by atoms with Crippen molar-refractivity contribution in [2.45, 2.75) is 25.1 Å². The molecule has 0 saturated heterocycles. The minimum absolute atomic E-state index is 0.212. The SMILES string of the molecule is O=CCC1Cc2c(cccc2C(F)(F)F)N1. The van der Waals surface area contributed by atoms with Gasteiger partial charge in [-0.1, -0.05) is 6.07 Å². The molecule has 0 aliphatic carbocycles. The van der Waals surface area contributed by atoms with E-state index in [1.165, 1.54) is 6.07 Å². The number of carbonyl (C=O) groups is 1. The van der Waals surface area contributed by atoms with Crippen LogP contribution < -0.4 is 5.32 Å². The van der Waals surface area contributed by atoms with Crippen LogP contribution in [0.25, 0.3) is 0 Å². The second kappa shape index (κ2) is 3.81. The van der Waals surface area contributed by atoms with Crippen molar-refractivity contribution in [3.63, 3.8) is 0 Å². The Hall–Kier alpha value is -1.52. The van der Waals surface area contributed by atoms with Gasteiger partial charge >= 0.3 is 6.18 Å². The molecule has 0 aromatic heterocycles. The van der Waals surface area contributed by atoms with E-state index in [0.717, 1.165) is 12.4 Å². The minimum atomic E-state index is -4.33. The van der Waals surface area contributed by atoms with E-state index in [1.54, 1.807) is 6.07 Å². The number of alkyl halides is 3. The molecule has 1 aliphatic heterocycles. The summed E-state index contributed by atoms with van der Waals surface area (Å²) in [6.07, 6.45) is -3.13. The average molecular weight is 229 g/mol. The van der Waals surface area contributed by atoms with Gasteiger partial charge in [0, 0.05) is 18.2 Å². The van der Waals surface area contributed by atoms with E-state index in [2.05, 4.69) is 5.32 Å². The molecule has 2 rings (SSSR count). The van der Waals surface area contributed by atoms with Gasteiger partial charge in [0.05, 0.1) is 5.56 Å². The van der Waals surface area contributed by atoms with Crippen molar-refractivity contribution < 1.29 is 18.0 Å². The number of rotatable bonds is 2. The van der Waals surface area contributed by atoms with Gasteiger partial charge in [0.2, 0.25) is 0 Å². The van der Waals surface area contributed by atoms with Crippen LogP contribution in [0.3, 0.4) is 0 Å². The second-order valence-electron chi connectivity index (χ2n) is 3.78. The number of carbonyl (C=O) groups excluding carboxylic acids is 1. The van der Waals surface area contributed by atoms with Gasteiger partial charge in [0.25, 0.3) is 0 Å². The van der Waals surface area contributed by atoms with Gasteiger partial charge in [-0.15, -0.1) is 0 Å². The van der Waals surface area contributed by atoms with Crippen LogP contribution in [-0.4, -0.2) is 12.3 Å². The second-order valence-corrected chi connectivity index (χ2v) is 3.78. The number of benzene rings is 1. The van der Waals surface area contributed by atoms with Crippen LogP contribution in [0.2, 0.25) is 0 Å². The Morgan fingerprint density at radius 1 is 1.44 bits per heavy atom. The Balaban J connectivity index is 2.35. The van der Waals surface area contributed by atoms with E-state index in [9.17, 15) is 18.0 Å². The van der Waals surface area contributed by atoms with Crippen molar-refractivity contribution in [1.29, 1.82) is 0 Å². The van der Waals surface area contributed by atoms with Crippen LogP contribution in [0.1, 0.15) is 17.5 Å². The Labute approximate surface area is 90.5 Å². The standard InChI is InChI=1S/C11H10F3NO/c12-11(13,14)9-2-1-3-10-8(9)6-7(15-10)4-5-16/h1-3,5,7,15H,4,6H2. The van der Waals surface area contributed by atoms with E-state index >= 15 is 0 Å². The number of hydrogen-bond donors (Lipinski definition) is 1. The fraction of sp³-hybridized carbons (Fsp3) is 0.364. The normalized spacial score (nSPS) is 19.1. The maximum Gasteiger partial charge on any atom is 0.416 e. The number of nitrogens with one attached hydrogen (secondary N) is 1. The van der Waals surface area contributed by atoms with Crippen molar-refractivity contribution in [3.8, 4) is 0 Å². The molecule has 0 bridgehead atoms. The molecule has 86 valence electrons. The minimum Gasteiger partial charge on any atom is -0.381 e. The van der Waals surface area contributed by atoms with Gasteiger partial charge in [-0.05, 0) is 24.1 Å². The lowest BCUT2D eigenvalue weighted by Crippen LogP contribution is -2.15. The summed E-state index contributed by atoms with van der Waals surface area (Å²) >= 11 is 0. The molecular weight excluding hydrogens is 219 g/mol. The molecule has 0 saturated carbocycles. The Bertz CT molecular complexity index is 414. The largest absolute Gasteiger partial charge is 0.416 e. The van der Waals surface area contributed by atoms with Crippen LogP contribution in [0.15, 0.2) is 18.2 Å². The summed E-state index contributed by atoms with van der Waals surface area (Å²) in [6, 6.07) is 3.84. The van der Waals surface area contributed by atoms with Crippen LogP contribution in [-0.2, 0) is 17.4 Å². The quantitative estimate of drug-likeness (QED) is 0.790. The highest BCUT2D eigenvalue weighted by Crippen LogP contribution is 2.38. The van der Waals surface area contributed by atoms with E-state index in [1.807, 2.05) is 0 Å². The van der Waals surface area contributed by atoms with Crippen LogP contribution >= 0.6 is 0 Å². The van der Waals surface area contributed by atoms with Gasteiger partial charge in [-0.25, -0.2) is 0 Å². The Kier molecular flexibility index (Phi) is 2.61. The maximum atomic E-state index is 12.7. The number of halogens is 3. The highest BCUT2D eigenvalue weighted by atomic mass is 19.4. The van der Waals surface area contributed by atoms with Crippen molar-refractivity contribution >= 4 is 12.0 Å². The first-order valence-electron chi connectivity index (χ1n) is 4.91. The average Bonchev–Trinajstić information content (AvgIpc) is 2.58. The number of aldehydes is 1. The maximum absolute atomic E-state index is 12.7. The van der Waals surface area contributed by atoms with Gasteiger partial charge in [-0.3, -0.25) is 0 Å². The highest BCUT2D eigenvalue weighted by molar-refractivity contribution is 5.63. The van der Waals surface area contributed by atoms with Crippen molar-refractivity contribution in [2.24, 2.45) is 0 Å². The highest BCUT2D eigenvalue weighted by Gasteiger charge is 2.36. The van der Waals surface area contributed by atoms with Crippen LogP contribution in [0.5, 0.6) is 0 Å². The first-order valence-corrected chi connectivity index (χ1v) is 4.91. The summed E-state index contributed by atoms with van der Waals surface area (Å²) in [6.45, 7) is 0. The third-order valence-electron chi connectivity index (χ3n) is 2.67. The molecule has 1 atom stereocenters. The zero-order valence-electron chi connectivity index (χ0n) is 8.34. The van der Waals surface area contributed by atoms with Gasteiger partial charge in [0.1, 0.15) is 6.29 Å². The fourth-order valence-electron chi connectivity index (χ4n) is 1.98. The lowest BCUT2D eigenvalue weighted by atomic mass is 10.0. The number of anilines is 1. The first-order chi connectivity index (χ1) is 7.52. The predicted molar refractivity (Wildman–Crippen MR) is 53.2 cm³/mol. The molecule has 0 fully saturated rings. The molecular formula is C11H10F3NO. The molecule has 0 amide bonds. The van der Waals surface area contributed by atoms with Gasteiger partial charge < -0.3 is 10.1 Å². The lowest BCUT2D eigenvalue weighted by Gasteiger charge is -2.10. The van der Waals surface area contributed by atoms with Crippen LogP contribution in [0, 0.1) is 0 Å². The summed E-state index contributed by atoms with van der Waals surface area (Å²) in [4.78, 5) is 10.3. The van der Waals surface area contributed by atoms with E-state index in [0.29, 0.717) is 5.69 Å². The van der Waals surface area contributed by atoms with Crippen molar-refractivity contribution in [2.75, 3.05) is 5.32 Å². The fourth-order valence-corrected chi connectivity index (χ4v) is 1.98. The first kappa shape index (κ1) is 11.0. The monoisotopic (exact) mass is 229 g/mol. The molecule has 16 heavy (non-hydrogen) atoms. The molecule has 1 aromatic rings. The number of hydrogen-bond acceptors (Lipinski definition) is 2. The summed E-state index contributed by atoms with van der Waals surface area (Å²) < 4.78 is 38.0. The molecule has 1 N–H and O–H groups in total. The van der Waals surface area contributed by atoms with Crippen LogP contribution in [0.4, 0.5) is 18.9 Å². The smallest absolute Gasteiger partial charge is 0.381 e. The summed E-state index contributed by atoms with van der Waals surface area (Å²) in [5.74, 6) is 0. The van der Waals surface area contributed by atoms with Crippen molar-refractivity contribution in [3.05, 3.63) is 29.3 Å².